The summed E-state index contributed by atoms with van der Waals surface area (Å²) in [7, 11) is -3.90. The van der Waals surface area contributed by atoms with Crippen LogP contribution in [-0.2, 0) is 22.1 Å². The fraction of sp³-hybridized carbons (Fsp3) is 0.333. The normalized spacial score (nSPS) is 13.7. The summed E-state index contributed by atoms with van der Waals surface area (Å²) >= 11 is 8.44. The summed E-state index contributed by atoms with van der Waals surface area (Å²) in [6, 6.07) is 10.6. The van der Waals surface area contributed by atoms with Gasteiger partial charge in [0, 0.05) is 47.9 Å². The Balaban J connectivity index is 1.64. The Labute approximate surface area is 237 Å². The largest absolute Gasteiger partial charge is 0.454 e. The molecule has 12 heteroatoms. The highest BCUT2D eigenvalue weighted by molar-refractivity contribution is 7.90. The number of fused-ring (bicyclic) bond motifs is 2. The Morgan fingerprint density at radius 3 is 2.54 bits per heavy atom. The highest BCUT2D eigenvalue weighted by Crippen LogP contribution is 2.45. The van der Waals surface area contributed by atoms with Gasteiger partial charge in [0.05, 0.1) is 10.8 Å². The van der Waals surface area contributed by atoms with E-state index in [1.54, 1.807) is 18.3 Å². The maximum Gasteiger partial charge on any atom is 0.280 e. The molecule has 1 aromatic heterocycles. The molecular formula is C27H32ClN5O4S2. The van der Waals surface area contributed by atoms with Gasteiger partial charge in [0.1, 0.15) is 16.4 Å². The number of amides is 1. The van der Waals surface area contributed by atoms with Gasteiger partial charge in [0.15, 0.2) is 15.8 Å². The summed E-state index contributed by atoms with van der Waals surface area (Å²) in [4.78, 5) is 21.7. The number of thiophene rings is 1. The molecule has 39 heavy (non-hydrogen) atoms. The molecule has 2 heterocycles. The zero-order chi connectivity index (χ0) is 28.3. The number of rotatable bonds is 9. The van der Waals surface area contributed by atoms with Crippen LogP contribution in [0.15, 0.2) is 51.7 Å². The number of halogens is 1. The van der Waals surface area contributed by atoms with E-state index in [0.29, 0.717) is 16.1 Å². The zero-order valence-electron chi connectivity index (χ0n) is 22.1. The van der Waals surface area contributed by atoms with Gasteiger partial charge in [-0.15, -0.1) is 11.3 Å². The molecule has 0 aliphatic carbocycles. The maximum atomic E-state index is 13.5. The third kappa shape index (κ3) is 6.55. The molecular weight excluding hydrogens is 558 g/mol. The van der Waals surface area contributed by atoms with E-state index in [0.717, 1.165) is 38.4 Å². The molecule has 0 saturated carbocycles. The van der Waals surface area contributed by atoms with Crippen molar-refractivity contribution in [2.24, 2.45) is 16.5 Å². The van der Waals surface area contributed by atoms with Crippen molar-refractivity contribution in [1.29, 1.82) is 0 Å². The molecule has 208 valence electrons. The van der Waals surface area contributed by atoms with Crippen LogP contribution in [0.4, 0.5) is 5.69 Å². The summed E-state index contributed by atoms with van der Waals surface area (Å²) in [6.45, 7) is 9.94. The van der Waals surface area contributed by atoms with Crippen LogP contribution in [0.2, 0.25) is 5.02 Å². The number of aryl methyl sites for hydroxylation is 1. The molecule has 9 nitrogen and oxygen atoms in total. The molecule has 0 fully saturated rings. The number of nitrogens with zero attached hydrogens (tertiary/aromatic N) is 3. The van der Waals surface area contributed by atoms with Gasteiger partial charge in [-0.05, 0) is 61.7 Å². The minimum atomic E-state index is -3.90. The van der Waals surface area contributed by atoms with Crippen LogP contribution in [-0.4, -0.2) is 51.4 Å². The number of carbonyl (C=O) groups is 1. The van der Waals surface area contributed by atoms with Crippen LogP contribution >= 0.6 is 22.9 Å². The lowest BCUT2D eigenvalue weighted by atomic mass is 10.1. The van der Waals surface area contributed by atoms with Crippen molar-refractivity contribution in [3.63, 3.8) is 0 Å². The van der Waals surface area contributed by atoms with Crippen LogP contribution < -0.4 is 21.1 Å². The van der Waals surface area contributed by atoms with E-state index in [1.807, 2.05) is 12.1 Å². The second-order valence-electron chi connectivity index (χ2n) is 9.27. The number of likely N-dealkylation sites (N-methyl/N-ethyl adjacent to an activating group) is 2. The predicted molar refractivity (Wildman–Crippen MR) is 157 cm³/mol. The number of benzene rings is 2. The standard InChI is InChI=1S/C27H32ClN5O4S2/c1-4-32(15-21-7-6-10-38-21)8-9-33(5-2)20-12-19-16-39(35,36)23-13-18(26(34)31-27(29)30)11-17(3)24(23)37-25(19)22(28)14-20/h6-7,10-14H,4-5,8-9,15-16H2,1-3H3,(H4,29,30,31,34). The first-order chi connectivity index (χ1) is 18.5. The number of nitrogens with two attached hydrogens (primary N) is 2. The van der Waals surface area contributed by atoms with Crippen LogP contribution in [0.1, 0.15) is 40.2 Å². The van der Waals surface area contributed by atoms with E-state index in [-0.39, 0.29) is 27.7 Å². The number of aliphatic imine (C=N–C) groups is 1. The first kappa shape index (κ1) is 28.9. The second kappa shape index (κ2) is 12.0. The lowest BCUT2D eigenvalue weighted by molar-refractivity contribution is 0.100. The molecule has 1 aliphatic rings. The van der Waals surface area contributed by atoms with Crippen molar-refractivity contribution in [2.45, 2.75) is 38.0 Å². The highest BCUT2D eigenvalue weighted by Gasteiger charge is 2.31. The molecule has 0 unspecified atom stereocenters. The average molecular weight is 590 g/mol. The zero-order valence-corrected chi connectivity index (χ0v) is 24.5. The van der Waals surface area contributed by atoms with E-state index in [2.05, 4.69) is 46.2 Å². The highest BCUT2D eigenvalue weighted by atomic mass is 35.5. The van der Waals surface area contributed by atoms with Crippen molar-refractivity contribution < 1.29 is 17.9 Å². The Morgan fingerprint density at radius 1 is 1.13 bits per heavy atom. The lowest BCUT2D eigenvalue weighted by Crippen LogP contribution is -2.34. The van der Waals surface area contributed by atoms with Crippen LogP contribution in [0.3, 0.4) is 0 Å². The Morgan fingerprint density at radius 2 is 1.90 bits per heavy atom. The SMILES string of the molecule is CCN(CCN(CC)c1cc(Cl)c2c(c1)CS(=O)(=O)c1cc(C(=O)N=C(N)N)cc(C)c1O2)Cc1cccs1. The summed E-state index contributed by atoms with van der Waals surface area (Å²) in [5.74, 6) is -1.06. The number of anilines is 1. The quantitative estimate of drug-likeness (QED) is 0.274. The first-order valence-corrected chi connectivity index (χ1v) is 15.4. The Kier molecular flexibility index (Phi) is 8.85. The minimum absolute atomic E-state index is 0.0461. The molecule has 0 bridgehead atoms. The number of ether oxygens (including phenoxy) is 1. The molecule has 0 spiro atoms. The van der Waals surface area contributed by atoms with E-state index < -0.39 is 21.7 Å². The average Bonchev–Trinajstić information content (AvgIpc) is 3.34. The van der Waals surface area contributed by atoms with E-state index in [1.165, 1.54) is 17.0 Å². The monoisotopic (exact) mass is 589 g/mol. The van der Waals surface area contributed by atoms with Gasteiger partial charge in [-0.3, -0.25) is 9.69 Å². The number of hydrogen-bond donors (Lipinski definition) is 2. The topological polar surface area (TPSA) is 131 Å². The van der Waals surface area contributed by atoms with E-state index >= 15 is 0 Å². The minimum Gasteiger partial charge on any atom is -0.454 e. The molecule has 4 rings (SSSR count). The van der Waals surface area contributed by atoms with Gasteiger partial charge < -0.3 is 21.1 Å². The van der Waals surface area contributed by atoms with Gasteiger partial charge >= 0.3 is 0 Å². The number of sulfone groups is 1. The summed E-state index contributed by atoms with van der Waals surface area (Å²) in [5, 5.41) is 2.40. The summed E-state index contributed by atoms with van der Waals surface area (Å²) in [5.41, 5.74) is 12.4. The molecule has 0 radical (unpaired) electrons. The van der Waals surface area contributed by atoms with Crippen molar-refractivity contribution in [3.8, 4) is 11.5 Å². The Bertz CT molecular complexity index is 1500. The molecule has 2 aromatic carbocycles. The number of carbonyl (C=O) groups excluding carboxylic acids is 1. The smallest absolute Gasteiger partial charge is 0.280 e. The van der Waals surface area contributed by atoms with Gasteiger partial charge in [-0.25, -0.2) is 8.42 Å². The molecule has 1 aliphatic heterocycles. The number of hydrogen-bond acceptors (Lipinski definition) is 7. The summed E-state index contributed by atoms with van der Waals surface area (Å²) in [6.07, 6.45) is 0. The van der Waals surface area contributed by atoms with Crippen LogP contribution in [0, 0.1) is 6.92 Å². The Hall–Kier alpha value is -3.12. The third-order valence-electron chi connectivity index (χ3n) is 6.55. The third-order valence-corrected chi connectivity index (χ3v) is 9.35. The molecule has 0 atom stereocenters. The van der Waals surface area contributed by atoms with E-state index in [9.17, 15) is 13.2 Å². The summed E-state index contributed by atoms with van der Waals surface area (Å²) < 4.78 is 33.2. The second-order valence-corrected chi connectivity index (χ2v) is 12.7. The van der Waals surface area contributed by atoms with Crippen molar-refractivity contribution >= 4 is 50.3 Å². The van der Waals surface area contributed by atoms with Crippen molar-refractivity contribution in [2.75, 3.05) is 31.1 Å². The maximum absolute atomic E-state index is 13.5. The molecule has 4 N–H and O–H groups in total. The van der Waals surface area contributed by atoms with Crippen molar-refractivity contribution in [3.05, 3.63) is 68.4 Å². The molecule has 1 amide bonds. The van der Waals surface area contributed by atoms with Gasteiger partial charge in [0.25, 0.3) is 5.91 Å². The van der Waals surface area contributed by atoms with Crippen LogP contribution in [0.25, 0.3) is 0 Å². The van der Waals surface area contributed by atoms with Crippen molar-refractivity contribution in [1.82, 2.24) is 4.90 Å². The first-order valence-electron chi connectivity index (χ1n) is 12.5. The lowest BCUT2D eigenvalue weighted by Gasteiger charge is -2.28. The fourth-order valence-corrected chi connectivity index (χ4v) is 7.12. The van der Waals surface area contributed by atoms with Crippen LogP contribution in [0.5, 0.6) is 11.5 Å². The van der Waals surface area contributed by atoms with E-state index in [4.69, 9.17) is 27.8 Å². The molecule has 0 saturated heterocycles. The predicted octanol–water partition coefficient (Wildman–Crippen LogP) is 4.55. The fourth-order valence-electron chi connectivity index (χ4n) is 4.54. The van der Waals surface area contributed by atoms with Gasteiger partial charge in [0.2, 0.25) is 0 Å². The number of guanidine groups is 1. The van der Waals surface area contributed by atoms with Gasteiger partial charge in [-0.2, -0.15) is 4.99 Å². The van der Waals surface area contributed by atoms with Gasteiger partial charge in [-0.1, -0.05) is 24.6 Å². The molecule has 3 aromatic rings.